The van der Waals surface area contributed by atoms with E-state index in [9.17, 15) is 14.7 Å². The fourth-order valence-corrected chi connectivity index (χ4v) is 1.29. The van der Waals surface area contributed by atoms with Crippen LogP contribution in [0.5, 0.6) is 0 Å². The van der Waals surface area contributed by atoms with Crippen molar-refractivity contribution >= 4 is 11.9 Å². The van der Waals surface area contributed by atoms with Crippen molar-refractivity contribution in [2.75, 3.05) is 13.1 Å². The van der Waals surface area contributed by atoms with E-state index in [0.29, 0.717) is 24.9 Å². The molecular formula is C12H24N2O3. The van der Waals surface area contributed by atoms with Crippen LogP contribution in [-0.2, 0) is 9.59 Å². The average molecular weight is 244 g/mol. The molecule has 0 aliphatic carbocycles. The lowest BCUT2D eigenvalue weighted by atomic mass is 10.1. The molecule has 100 valence electrons. The number of nitrogens with two attached hydrogens (primary N) is 1. The summed E-state index contributed by atoms with van der Waals surface area (Å²) >= 11 is 0. The van der Waals surface area contributed by atoms with Crippen LogP contribution in [0.1, 0.15) is 34.1 Å². The number of hydrogen-bond donors (Lipinski definition) is 2. The third kappa shape index (κ3) is 8.68. The maximum Gasteiger partial charge on any atom is 0.226 e. The third-order valence-electron chi connectivity index (χ3n) is 2.31. The first-order chi connectivity index (χ1) is 7.82. The van der Waals surface area contributed by atoms with Crippen molar-refractivity contribution in [3.63, 3.8) is 0 Å². The van der Waals surface area contributed by atoms with Gasteiger partial charge in [0.2, 0.25) is 5.91 Å². The molecule has 0 aromatic carbocycles. The van der Waals surface area contributed by atoms with Crippen LogP contribution in [0, 0.1) is 11.8 Å². The van der Waals surface area contributed by atoms with Crippen LogP contribution in [0.3, 0.4) is 0 Å². The molecule has 3 N–H and O–H groups in total. The topological polar surface area (TPSA) is 85.8 Å². The minimum Gasteiger partial charge on any atom is -0.544 e. The molecule has 0 aliphatic heterocycles. The minimum atomic E-state index is -1.18. The van der Waals surface area contributed by atoms with Gasteiger partial charge in [0, 0.05) is 12.5 Å². The summed E-state index contributed by atoms with van der Waals surface area (Å²) in [5, 5.41) is 15.2. The second kappa shape index (κ2) is 8.06. The number of amides is 1. The summed E-state index contributed by atoms with van der Waals surface area (Å²) in [5.41, 5.74) is 0. The SMILES string of the molecule is CC(C)CNC(=O)C[C@H]([NH2+]CC(C)C)C(=O)[O-]. The van der Waals surface area contributed by atoms with Gasteiger partial charge in [-0.1, -0.05) is 27.7 Å². The molecule has 0 aliphatic rings. The molecule has 0 saturated heterocycles. The first-order valence-electron chi connectivity index (χ1n) is 6.13. The van der Waals surface area contributed by atoms with E-state index in [4.69, 9.17) is 0 Å². The molecule has 5 heteroatoms. The Kier molecular flexibility index (Phi) is 7.54. The number of aliphatic carboxylic acids is 1. The number of carbonyl (C=O) groups excluding carboxylic acids is 2. The van der Waals surface area contributed by atoms with E-state index in [2.05, 4.69) is 5.32 Å². The predicted octanol–water partition coefficient (Wildman–Crippen LogP) is -1.51. The van der Waals surface area contributed by atoms with E-state index in [1.54, 1.807) is 5.32 Å². The smallest absolute Gasteiger partial charge is 0.226 e. The molecule has 0 saturated carbocycles. The summed E-state index contributed by atoms with van der Waals surface area (Å²) in [6, 6.07) is -0.787. The molecule has 5 nitrogen and oxygen atoms in total. The van der Waals surface area contributed by atoms with Crippen LogP contribution in [-0.4, -0.2) is 31.0 Å². The average Bonchev–Trinajstić information content (AvgIpc) is 2.20. The number of carbonyl (C=O) groups is 2. The molecule has 0 unspecified atom stereocenters. The van der Waals surface area contributed by atoms with Gasteiger partial charge in [0.15, 0.2) is 0 Å². The summed E-state index contributed by atoms with van der Waals surface area (Å²) in [4.78, 5) is 22.3. The fourth-order valence-electron chi connectivity index (χ4n) is 1.29. The Morgan fingerprint density at radius 3 is 2.18 bits per heavy atom. The van der Waals surface area contributed by atoms with Gasteiger partial charge >= 0.3 is 0 Å². The Labute approximate surface area is 103 Å². The molecule has 0 bridgehead atoms. The summed E-state index contributed by atoms with van der Waals surface area (Å²) < 4.78 is 0. The lowest BCUT2D eigenvalue weighted by Crippen LogP contribution is -2.94. The Bertz CT molecular complexity index is 252. The molecular weight excluding hydrogens is 220 g/mol. The second-order valence-electron chi connectivity index (χ2n) is 5.19. The van der Waals surface area contributed by atoms with Gasteiger partial charge in [-0.05, 0) is 5.92 Å². The van der Waals surface area contributed by atoms with E-state index in [1.165, 1.54) is 0 Å². The van der Waals surface area contributed by atoms with Gasteiger partial charge in [-0.2, -0.15) is 0 Å². The monoisotopic (exact) mass is 244 g/mol. The highest BCUT2D eigenvalue weighted by Gasteiger charge is 2.18. The zero-order valence-electron chi connectivity index (χ0n) is 11.2. The highest BCUT2D eigenvalue weighted by Crippen LogP contribution is 1.91. The highest BCUT2D eigenvalue weighted by molar-refractivity contribution is 5.82. The van der Waals surface area contributed by atoms with Crippen LogP contribution >= 0.6 is 0 Å². The molecule has 1 amide bonds. The van der Waals surface area contributed by atoms with Crippen molar-refractivity contribution in [3.05, 3.63) is 0 Å². The van der Waals surface area contributed by atoms with Gasteiger partial charge in [0.1, 0.15) is 6.04 Å². The van der Waals surface area contributed by atoms with Crippen molar-refractivity contribution in [1.29, 1.82) is 0 Å². The number of rotatable bonds is 8. The number of carboxylic acids is 1. The van der Waals surface area contributed by atoms with Crippen molar-refractivity contribution in [2.24, 2.45) is 11.8 Å². The summed E-state index contributed by atoms with van der Waals surface area (Å²) in [6.07, 6.45) is -0.0260. The summed E-state index contributed by atoms with van der Waals surface area (Å²) in [6.45, 7) is 9.23. The standard InChI is InChI=1S/C12H24N2O3/c1-8(2)6-13-10(12(16)17)5-11(15)14-7-9(3)4/h8-10,13H,5-7H2,1-4H3,(H,14,15)(H,16,17)/t10-/m0/s1. The third-order valence-corrected chi connectivity index (χ3v) is 2.31. The van der Waals surface area contributed by atoms with E-state index in [0.717, 1.165) is 0 Å². The first kappa shape index (κ1) is 15.9. The molecule has 1 atom stereocenters. The Hall–Kier alpha value is -1.10. The number of hydrogen-bond acceptors (Lipinski definition) is 3. The van der Waals surface area contributed by atoms with E-state index >= 15 is 0 Å². The molecule has 0 aromatic rings. The van der Waals surface area contributed by atoms with Gasteiger partial charge in [-0.3, -0.25) is 4.79 Å². The lowest BCUT2D eigenvalue weighted by molar-refractivity contribution is -0.686. The maximum atomic E-state index is 11.5. The molecule has 0 aromatic heterocycles. The number of nitrogens with one attached hydrogen (secondary N) is 1. The van der Waals surface area contributed by atoms with Gasteiger partial charge in [0.05, 0.1) is 18.9 Å². The summed E-state index contributed by atoms with van der Waals surface area (Å²) in [5.74, 6) is -0.658. The molecule has 0 fully saturated rings. The largest absolute Gasteiger partial charge is 0.544 e. The van der Waals surface area contributed by atoms with Gasteiger partial charge < -0.3 is 20.5 Å². The van der Waals surface area contributed by atoms with Crippen molar-refractivity contribution in [3.8, 4) is 0 Å². The fraction of sp³-hybridized carbons (Fsp3) is 0.833. The Balaban J connectivity index is 4.07. The second-order valence-corrected chi connectivity index (χ2v) is 5.19. The van der Waals surface area contributed by atoms with Crippen LogP contribution in [0.2, 0.25) is 0 Å². The van der Waals surface area contributed by atoms with Crippen LogP contribution < -0.4 is 15.7 Å². The van der Waals surface area contributed by atoms with Crippen molar-refractivity contribution in [2.45, 2.75) is 40.2 Å². The van der Waals surface area contributed by atoms with Crippen LogP contribution in [0.25, 0.3) is 0 Å². The van der Waals surface area contributed by atoms with E-state index in [-0.39, 0.29) is 12.3 Å². The van der Waals surface area contributed by atoms with Gasteiger partial charge in [-0.25, -0.2) is 0 Å². The van der Waals surface area contributed by atoms with Crippen LogP contribution in [0.4, 0.5) is 0 Å². The quantitative estimate of drug-likeness (QED) is 0.544. The van der Waals surface area contributed by atoms with Gasteiger partial charge in [0.25, 0.3) is 0 Å². The van der Waals surface area contributed by atoms with Gasteiger partial charge in [-0.15, -0.1) is 0 Å². The highest BCUT2D eigenvalue weighted by atomic mass is 16.4. The molecule has 17 heavy (non-hydrogen) atoms. The maximum absolute atomic E-state index is 11.5. The molecule has 0 spiro atoms. The van der Waals surface area contributed by atoms with E-state index in [1.807, 2.05) is 27.7 Å². The Morgan fingerprint density at radius 2 is 1.76 bits per heavy atom. The normalized spacial score (nSPS) is 12.8. The summed E-state index contributed by atoms with van der Waals surface area (Å²) in [7, 11) is 0. The minimum absolute atomic E-state index is 0.0260. The molecule has 0 heterocycles. The van der Waals surface area contributed by atoms with Crippen LogP contribution in [0.15, 0.2) is 0 Å². The lowest BCUT2D eigenvalue weighted by Gasteiger charge is -2.17. The Morgan fingerprint density at radius 1 is 1.18 bits per heavy atom. The number of quaternary nitrogens is 1. The van der Waals surface area contributed by atoms with E-state index < -0.39 is 12.0 Å². The zero-order chi connectivity index (χ0) is 13.4. The van der Waals surface area contributed by atoms with Crippen molar-refractivity contribution in [1.82, 2.24) is 5.32 Å². The first-order valence-corrected chi connectivity index (χ1v) is 6.13. The molecule has 0 radical (unpaired) electrons. The zero-order valence-corrected chi connectivity index (χ0v) is 11.2. The number of carboxylic acid groups (broad SMARTS) is 1. The predicted molar refractivity (Wildman–Crippen MR) is 62.9 cm³/mol. The van der Waals surface area contributed by atoms with Crippen molar-refractivity contribution < 1.29 is 20.0 Å². The molecule has 0 rings (SSSR count).